The smallest absolute Gasteiger partial charge is 0.223 e. The Balaban J connectivity index is 1.85. The predicted octanol–water partition coefficient (Wildman–Crippen LogP) is 1.06. The van der Waals surface area contributed by atoms with Crippen molar-refractivity contribution in [1.29, 1.82) is 0 Å². The molecule has 92 valence electrons. The van der Waals surface area contributed by atoms with Crippen molar-refractivity contribution in [3.05, 3.63) is 29.8 Å². The van der Waals surface area contributed by atoms with Gasteiger partial charge in [-0.1, -0.05) is 18.2 Å². The SMILES string of the molecule is Nc1ccccc1CCC(=O)N1CCOCC1. The van der Waals surface area contributed by atoms with Crippen LogP contribution < -0.4 is 5.73 Å². The van der Waals surface area contributed by atoms with E-state index in [2.05, 4.69) is 0 Å². The van der Waals surface area contributed by atoms with Crippen LogP contribution in [0, 0.1) is 0 Å². The lowest BCUT2D eigenvalue weighted by molar-refractivity contribution is -0.135. The Hall–Kier alpha value is -1.55. The molecule has 1 aromatic carbocycles. The summed E-state index contributed by atoms with van der Waals surface area (Å²) in [5.41, 5.74) is 7.66. The predicted molar refractivity (Wildman–Crippen MR) is 66.6 cm³/mol. The molecule has 0 aromatic heterocycles. The first kappa shape index (κ1) is 11.9. The molecule has 4 heteroatoms. The van der Waals surface area contributed by atoms with Crippen LogP contribution in [0.5, 0.6) is 0 Å². The van der Waals surface area contributed by atoms with Gasteiger partial charge in [-0.15, -0.1) is 0 Å². The summed E-state index contributed by atoms with van der Waals surface area (Å²) in [4.78, 5) is 13.8. The number of para-hydroxylation sites is 1. The van der Waals surface area contributed by atoms with Crippen LogP contribution in [0.2, 0.25) is 0 Å². The summed E-state index contributed by atoms with van der Waals surface area (Å²) in [6, 6.07) is 7.70. The molecule has 1 aliphatic heterocycles. The molecule has 1 aromatic rings. The molecule has 0 atom stereocenters. The van der Waals surface area contributed by atoms with E-state index in [0.29, 0.717) is 39.1 Å². The number of hydrogen-bond acceptors (Lipinski definition) is 3. The molecule has 0 unspecified atom stereocenters. The highest BCUT2D eigenvalue weighted by Gasteiger charge is 2.16. The maximum Gasteiger partial charge on any atom is 0.223 e. The van der Waals surface area contributed by atoms with Crippen LogP contribution in [0.15, 0.2) is 24.3 Å². The van der Waals surface area contributed by atoms with Gasteiger partial charge in [-0.2, -0.15) is 0 Å². The molecule has 1 aliphatic rings. The number of aryl methyl sites for hydroxylation is 1. The molecule has 2 N–H and O–H groups in total. The molecule has 4 nitrogen and oxygen atoms in total. The van der Waals surface area contributed by atoms with Crippen LogP contribution in [0.1, 0.15) is 12.0 Å². The fourth-order valence-corrected chi connectivity index (χ4v) is 1.97. The highest BCUT2D eigenvalue weighted by Crippen LogP contribution is 2.13. The first-order valence-corrected chi connectivity index (χ1v) is 5.96. The van der Waals surface area contributed by atoms with E-state index in [1.165, 1.54) is 0 Å². The van der Waals surface area contributed by atoms with Gasteiger partial charge in [0.2, 0.25) is 5.91 Å². The second-order valence-electron chi connectivity index (χ2n) is 4.19. The van der Waals surface area contributed by atoms with Crippen molar-refractivity contribution < 1.29 is 9.53 Å². The van der Waals surface area contributed by atoms with Crippen LogP contribution in [-0.4, -0.2) is 37.1 Å². The van der Waals surface area contributed by atoms with Gasteiger partial charge in [0, 0.05) is 25.2 Å². The van der Waals surface area contributed by atoms with Gasteiger partial charge in [0.1, 0.15) is 0 Å². The number of anilines is 1. The molecule has 1 fully saturated rings. The Bertz CT molecular complexity index is 387. The average Bonchev–Trinajstić information content (AvgIpc) is 2.38. The Morgan fingerprint density at radius 1 is 1.29 bits per heavy atom. The monoisotopic (exact) mass is 234 g/mol. The number of ether oxygens (including phenoxy) is 1. The van der Waals surface area contributed by atoms with Crippen LogP contribution in [0.3, 0.4) is 0 Å². The van der Waals surface area contributed by atoms with E-state index in [0.717, 1.165) is 11.3 Å². The van der Waals surface area contributed by atoms with Crippen molar-refractivity contribution in [3.63, 3.8) is 0 Å². The number of rotatable bonds is 3. The summed E-state index contributed by atoms with van der Waals surface area (Å²) in [7, 11) is 0. The number of morpholine rings is 1. The molecular weight excluding hydrogens is 216 g/mol. The maximum absolute atomic E-state index is 11.9. The van der Waals surface area contributed by atoms with Gasteiger partial charge in [0.25, 0.3) is 0 Å². The minimum Gasteiger partial charge on any atom is -0.399 e. The lowest BCUT2D eigenvalue weighted by Crippen LogP contribution is -2.40. The molecule has 1 heterocycles. The van der Waals surface area contributed by atoms with E-state index in [1.807, 2.05) is 29.2 Å². The summed E-state index contributed by atoms with van der Waals surface area (Å²) in [6.45, 7) is 2.73. The van der Waals surface area contributed by atoms with E-state index in [4.69, 9.17) is 10.5 Å². The third-order valence-corrected chi connectivity index (χ3v) is 3.03. The lowest BCUT2D eigenvalue weighted by atomic mass is 10.1. The van der Waals surface area contributed by atoms with E-state index in [9.17, 15) is 4.79 Å². The molecule has 0 radical (unpaired) electrons. The zero-order chi connectivity index (χ0) is 12.1. The van der Waals surface area contributed by atoms with Gasteiger partial charge in [0.05, 0.1) is 13.2 Å². The largest absolute Gasteiger partial charge is 0.399 e. The van der Waals surface area contributed by atoms with Crippen LogP contribution in [0.25, 0.3) is 0 Å². The third-order valence-electron chi connectivity index (χ3n) is 3.03. The summed E-state index contributed by atoms with van der Waals surface area (Å²) in [6.07, 6.45) is 1.23. The standard InChI is InChI=1S/C13H18N2O2/c14-12-4-2-1-3-11(12)5-6-13(16)15-7-9-17-10-8-15/h1-4H,5-10,14H2. The van der Waals surface area contributed by atoms with Gasteiger partial charge in [-0.05, 0) is 18.1 Å². The highest BCUT2D eigenvalue weighted by atomic mass is 16.5. The zero-order valence-electron chi connectivity index (χ0n) is 9.89. The fourth-order valence-electron chi connectivity index (χ4n) is 1.97. The van der Waals surface area contributed by atoms with E-state index in [-0.39, 0.29) is 5.91 Å². The number of nitrogens with two attached hydrogens (primary N) is 1. The van der Waals surface area contributed by atoms with Gasteiger partial charge in [-0.25, -0.2) is 0 Å². The van der Waals surface area contributed by atoms with E-state index < -0.39 is 0 Å². The summed E-state index contributed by atoms with van der Waals surface area (Å²) >= 11 is 0. The minimum atomic E-state index is 0.191. The summed E-state index contributed by atoms with van der Waals surface area (Å²) in [5, 5.41) is 0. The van der Waals surface area contributed by atoms with Gasteiger partial charge >= 0.3 is 0 Å². The molecular formula is C13H18N2O2. The van der Waals surface area contributed by atoms with Crippen LogP contribution in [0.4, 0.5) is 5.69 Å². The number of hydrogen-bond donors (Lipinski definition) is 1. The van der Waals surface area contributed by atoms with Gasteiger partial charge in [-0.3, -0.25) is 4.79 Å². The first-order valence-electron chi connectivity index (χ1n) is 5.96. The third kappa shape index (κ3) is 3.20. The average molecular weight is 234 g/mol. The van der Waals surface area contributed by atoms with Crippen molar-refractivity contribution in [1.82, 2.24) is 4.90 Å². The number of carbonyl (C=O) groups is 1. The molecule has 1 amide bonds. The zero-order valence-corrected chi connectivity index (χ0v) is 9.89. The molecule has 0 aliphatic carbocycles. The Morgan fingerprint density at radius 3 is 2.71 bits per heavy atom. The molecule has 0 saturated carbocycles. The number of benzene rings is 1. The Morgan fingerprint density at radius 2 is 2.00 bits per heavy atom. The number of carbonyl (C=O) groups excluding carboxylic acids is 1. The van der Waals surface area contributed by atoms with E-state index >= 15 is 0 Å². The molecule has 0 bridgehead atoms. The topological polar surface area (TPSA) is 55.6 Å². The van der Waals surface area contributed by atoms with Crippen molar-refractivity contribution >= 4 is 11.6 Å². The minimum absolute atomic E-state index is 0.191. The van der Waals surface area contributed by atoms with Crippen LogP contribution in [-0.2, 0) is 16.0 Å². The molecule has 0 spiro atoms. The molecule has 2 rings (SSSR count). The number of nitrogens with zero attached hydrogens (tertiary/aromatic N) is 1. The van der Waals surface area contributed by atoms with Crippen molar-refractivity contribution in [2.24, 2.45) is 0 Å². The second kappa shape index (κ2) is 5.68. The second-order valence-corrected chi connectivity index (χ2v) is 4.19. The molecule has 17 heavy (non-hydrogen) atoms. The lowest BCUT2D eigenvalue weighted by Gasteiger charge is -2.26. The quantitative estimate of drug-likeness (QED) is 0.796. The maximum atomic E-state index is 11.9. The highest BCUT2D eigenvalue weighted by molar-refractivity contribution is 5.76. The summed E-state index contributed by atoms with van der Waals surface area (Å²) in [5.74, 6) is 0.191. The number of amides is 1. The first-order chi connectivity index (χ1) is 8.27. The fraction of sp³-hybridized carbons (Fsp3) is 0.462. The Labute approximate surface area is 101 Å². The molecule has 1 saturated heterocycles. The Kier molecular flexibility index (Phi) is 3.98. The van der Waals surface area contributed by atoms with Crippen molar-refractivity contribution in [3.8, 4) is 0 Å². The number of nitrogen functional groups attached to an aromatic ring is 1. The van der Waals surface area contributed by atoms with Crippen LogP contribution >= 0.6 is 0 Å². The summed E-state index contributed by atoms with van der Waals surface area (Å²) < 4.78 is 5.22. The van der Waals surface area contributed by atoms with Gasteiger partial charge in [0.15, 0.2) is 0 Å². The van der Waals surface area contributed by atoms with Crippen molar-refractivity contribution in [2.75, 3.05) is 32.0 Å². The van der Waals surface area contributed by atoms with Gasteiger partial charge < -0.3 is 15.4 Å². The van der Waals surface area contributed by atoms with Crippen molar-refractivity contribution in [2.45, 2.75) is 12.8 Å². The normalized spacial score (nSPS) is 15.9. The van der Waals surface area contributed by atoms with E-state index in [1.54, 1.807) is 0 Å².